The first-order valence-corrected chi connectivity index (χ1v) is 16.4. The fourth-order valence-corrected chi connectivity index (χ4v) is 5.23. The standard InChI is InChI=1S/C30H56N2O16/c1-4-5-20(16-43-8-6-41-10-12-45-29-23(31-18(2)35)27(39)25(37)21(14-33)47-29)17-44-9-7-42-11-13-46-30-24(32-19(3)36)28(40)26(38)22(15-34)48-30/h20-30,33-34,37-40H,4-17H2,1-3H3,(H,31,35)(H,32,36)/t20?,21?,22?,23?,24?,25-,26-,27?,28?,29+,30+/m0/s1. The van der Waals surface area contributed by atoms with Crippen molar-refractivity contribution in [1.82, 2.24) is 10.6 Å². The molecule has 0 aromatic rings. The summed E-state index contributed by atoms with van der Waals surface area (Å²) in [6.07, 6.45) is -7.93. The Morgan fingerprint density at radius 2 is 1.00 bits per heavy atom. The highest BCUT2D eigenvalue weighted by Gasteiger charge is 2.46. The summed E-state index contributed by atoms with van der Waals surface area (Å²) in [4.78, 5) is 23.0. The van der Waals surface area contributed by atoms with Crippen LogP contribution in [0.15, 0.2) is 0 Å². The third-order valence-corrected chi connectivity index (χ3v) is 7.67. The van der Waals surface area contributed by atoms with Gasteiger partial charge in [-0.3, -0.25) is 9.59 Å². The Balaban J connectivity index is 1.55. The predicted octanol–water partition coefficient (Wildman–Crippen LogP) is -3.61. The van der Waals surface area contributed by atoms with Gasteiger partial charge in [0, 0.05) is 19.8 Å². The Morgan fingerprint density at radius 3 is 1.35 bits per heavy atom. The van der Waals surface area contributed by atoms with Crippen LogP contribution in [-0.2, 0) is 47.5 Å². The van der Waals surface area contributed by atoms with Crippen molar-refractivity contribution in [3.63, 3.8) is 0 Å². The Labute approximate surface area is 280 Å². The summed E-state index contributed by atoms with van der Waals surface area (Å²) in [5.41, 5.74) is 0. The van der Waals surface area contributed by atoms with Gasteiger partial charge in [-0.05, 0) is 6.42 Å². The Morgan fingerprint density at radius 1 is 0.625 bits per heavy atom. The quantitative estimate of drug-likeness (QED) is 0.0453. The van der Waals surface area contributed by atoms with E-state index in [2.05, 4.69) is 17.6 Å². The smallest absolute Gasteiger partial charge is 0.217 e. The van der Waals surface area contributed by atoms with Crippen LogP contribution in [0.5, 0.6) is 0 Å². The third kappa shape index (κ3) is 14.7. The first-order valence-electron chi connectivity index (χ1n) is 16.4. The summed E-state index contributed by atoms with van der Waals surface area (Å²) < 4.78 is 44.8. The van der Waals surface area contributed by atoms with Gasteiger partial charge in [-0.2, -0.15) is 0 Å². The average Bonchev–Trinajstić information content (AvgIpc) is 3.05. The molecule has 6 unspecified atom stereocenters. The van der Waals surface area contributed by atoms with Crippen molar-refractivity contribution in [2.75, 3.05) is 79.3 Å². The van der Waals surface area contributed by atoms with Crippen LogP contribution >= 0.6 is 0 Å². The molecule has 2 aliphatic rings. The first-order chi connectivity index (χ1) is 23.0. The lowest BCUT2D eigenvalue weighted by Gasteiger charge is -2.42. The van der Waals surface area contributed by atoms with Gasteiger partial charge in [0.15, 0.2) is 12.6 Å². The van der Waals surface area contributed by atoms with Crippen molar-refractivity contribution in [2.24, 2.45) is 5.92 Å². The number of rotatable bonds is 24. The highest BCUT2D eigenvalue weighted by atomic mass is 16.7. The molecule has 0 radical (unpaired) electrons. The minimum atomic E-state index is -1.38. The number of aliphatic hydroxyl groups is 6. The molecule has 0 aliphatic carbocycles. The van der Waals surface area contributed by atoms with Gasteiger partial charge in [-0.25, -0.2) is 0 Å². The first kappa shape index (κ1) is 42.5. The van der Waals surface area contributed by atoms with E-state index >= 15 is 0 Å². The van der Waals surface area contributed by atoms with Gasteiger partial charge < -0.3 is 79.2 Å². The van der Waals surface area contributed by atoms with Crippen LogP contribution in [0.4, 0.5) is 0 Å². The van der Waals surface area contributed by atoms with E-state index in [0.717, 1.165) is 12.8 Å². The van der Waals surface area contributed by atoms with Crippen molar-refractivity contribution in [1.29, 1.82) is 0 Å². The van der Waals surface area contributed by atoms with Crippen LogP contribution < -0.4 is 10.6 Å². The van der Waals surface area contributed by atoms with E-state index in [1.54, 1.807) is 0 Å². The van der Waals surface area contributed by atoms with E-state index in [0.29, 0.717) is 39.6 Å². The van der Waals surface area contributed by atoms with E-state index in [-0.39, 0.29) is 32.3 Å². The summed E-state index contributed by atoms with van der Waals surface area (Å²) in [6, 6.07) is -2.02. The molecule has 2 aliphatic heterocycles. The van der Waals surface area contributed by atoms with Crippen LogP contribution in [0.1, 0.15) is 33.6 Å². The highest BCUT2D eigenvalue weighted by Crippen LogP contribution is 2.23. The molecular weight excluding hydrogens is 644 g/mol. The minimum Gasteiger partial charge on any atom is -0.394 e. The normalized spacial score (nSPS) is 31.4. The number of aliphatic hydroxyl groups excluding tert-OH is 6. The van der Waals surface area contributed by atoms with Gasteiger partial charge >= 0.3 is 0 Å². The van der Waals surface area contributed by atoms with Crippen LogP contribution in [0.3, 0.4) is 0 Å². The lowest BCUT2D eigenvalue weighted by atomic mass is 9.97. The van der Waals surface area contributed by atoms with E-state index < -0.39 is 86.3 Å². The summed E-state index contributed by atoms with van der Waals surface area (Å²) >= 11 is 0. The maximum absolute atomic E-state index is 11.5. The number of carbonyl (C=O) groups excluding carboxylic acids is 2. The lowest BCUT2D eigenvalue weighted by Crippen LogP contribution is -2.64. The van der Waals surface area contributed by atoms with Gasteiger partial charge in [0.05, 0.1) is 79.3 Å². The van der Waals surface area contributed by atoms with E-state index in [4.69, 9.17) is 37.9 Å². The molecule has 2 saturated heterocycles. The second-order valence-electron chi connectivity index (χ2n) is 11.6. The number of nitrogens with one attached hydrogen (secondary N) is 2. The molecule has 2 heterocycles. The molecule has 48 heavy (non-hydrogen) atoms. The summed E-state index contributed by atoms with van der Waals surface area (Å²) in [6.45, 7) is 6.32. The second-order valence-corrected chi connectivity index (χ2v) is 11.6. The van der Waals surface area contributed by atoms with Gasteiger partial charge in [0.2, 0.25) is 11.8 Å². The topological polar surface area (TPSA) is 253 Å². The Bertz CT molecular complexity index is 824. The second kappa shape index (κ2) is 23.7. The number of amides is 2. The van der Waals surface area contributed by atoms with Crippen LogP contribution in [0.25, 0.3) is 0 Å². The molecule has 0 aromatic heterocycles. The van der Waals surface area contributed by atoms with Crippen LogP contribution in [-0.4, -0.2) is 183 Å². The molecule has 10 atom stereocenters. The Hall–Kier alpha value is -1.62. The molecule has 0 spiro atoms. The van der Waals surface area contributed by atoms with Crippen molar-refractivity contribution >= 4 is 11.8 Å². The molecular formula is C30H56N2O16. The van der Waals surface area contributed by atoms with Gasteiger partial charge in [0.1, 0.15) is 48.7 Å². The summed E-state index contributed by atoms with van der Waals surface area (Å²) in [5.74, 6) is -0.697. The third-order valence-electron chi connectivity index (χ3n) is 7.67. The van der Waals surface area contributed by atoms with Crippen molar-refractivity contribution in [2.45, 2.75) is 94.9 Å². The largest absolute Gasteiger partial charge is 0.394 e. The molecule has 18 nitrogen and oxygen atoms in total. The molecule has 2 rings (SSSR count). The predicted molar refractivity (Wildman–Crippen MR) is 164 cm³/mol. The maximum Gasteiger partial charge on any atom is 0.217 e. The minimum absolute atomic E-state index is 0.0750. The van der Waals surface area contributed by atoms with E-state index in [1.165, 1.54) is 13.8 Å². The fourth-order valence-electron chi connectivity index (χ4n) is 5.23. The number of carbonyl (C=O) groups is 2. The summed E-state index contributed by atoms with van der Waals surface area (Å²) in [5, 5.41) is 64.5. The number of hydrogen-bond acceptors (Lipinski definition) is 16. The molecule has 0 aromatic carbocycles. The molecule has 2 fully saturated rings. The van der Waals surface area contributed by atoms with E-state index in [9.17, 15) is 40.2 Å². The van der Waals surface area contributed by atoms with Crippen molar-refractivity contribution in [3.8, 4) is 0 Å². The lowest BCUT2D eigenvalue weighted by molar-refractivity contribution is -0.272. The molecule has 0 bridgehead atoms. The fraction of sp³-hybridized carbons (Fsp3) is 0.933. The zero-order chi connectivity index (χ0) is 35.5. The average molecular weight is 701 g/mol. The SMILES string of the molecule is CCCC(COCCOCCO[C@@H]1OC(CO)[C@H](O)C(O)C1NC(C)=O)COCCOCCO[C@@H]1OC(CO)[C@H](O)C(O)C1NC(C)=O. The number of ether oxygens (including phenoxy) is 8. The summed E-state index contributed by atoms with van der Waals surface area (Å²) in [7, 11) is 0. The van der Waals surface area contributed by atoms with Crippen LogP contribution in [0, 0.1) is 5.92 Å². The maximum atomic E-state index is 11.5. The molecule has 0 saturated carbocycles. The van der Waals surface area contributed by atoms with Gasteiger partial charge in [0.25, 0.3) is 0 Å². The van der Waals surface area contributed by atoms with Crippen molar-refractivity contribution < 1.29 is 78.1 Å². The van der Waals surface area contributed by atoms with Crippen molar-refractivity contribution in [3.05, 3.63) is 0 Å². The van der Waals surface area contributed by atoms with Gasteiger partial charge in [-0.15, -0.1) is 0 Å². The molecule has 8 N–H and O–H groups in total. The number of hydrogen-bond donors (Lipinski definition) is 8. The molecule has 2 amide bonds. The Kier molecular flexibility index (Phi) is 21.0. The zero-order valence-electron chi connectivity index (χ0n) is 28.0. The van der Waals surface area contributed by atoms with E-state index in [1.807, 2.05) is 0 Å². The monoisotopic (exact) mass is 700 g/mol. The van der Waals surface area contributed by atoms with Crippen LogP contribution in [0.2, 0.25) is 0 Å². The molecule has 282 valence electrons. The highest BCUT2D eigenvalue weighted by molar-refractivity contribution is 5.73. The molecule has 18 heteroatoms. The zero-order valence-corrected chi connectivity index (χ0v) is 28.0. The van der Waals surface area contributed by atoms with Gasteiger partial charge in [-0.1, -0.05) is 13.3 Å².